The second kappa shape index (κ2) is 7.22. The highest BCUT2D eigenvalue weighted by atomic mass is 79.9. The van der Waals surface area contributed by atoms with Crippen molar-refractivity contribution in [3.8, 4) is 11.5 Å². The van der Waals surface area contributed by atoms with Crippen LogP contribution in [0.3, 0.4) is 0 Å². The Labute approximate surface area is 164 Å². The zero-order valence-electron chi connectivity index (χ0n) is 13.7. The molecule has 9 heteroatoms. The third-order valence-electron chi connectivity index (χ3n) is 4.46. The lowest BCUT2D eigenvalue weighted by Gasteiger charge is -2.29. The zero-order valence-corrected chi connectivity index (χ0v) is 16.9. The molecule has 0 N–H and O–H groups in total. The Morgan fingerprint density at radius 1 is 1.12 bits per heavy atom. The molecule has 0 unspecified atom stereocenters. The van der Waals surface area contributed by atoms with E-state index in [0.717, 1.165) is 10.0 Å². The van der Waals surface area contributed by atoms with E-state index in [9.17, 15) is 8.42 Å². The van der Waals surface area contributed by atoms with E-state index in [1.165, 1.54) is 4.31 Å². The van der Waals surface area contributed by atoms with Gasteiger partial charge in [0, 0.05) is 34.4 Å². The minimum atomic E-state index is -3.47. The molecule has 1 aliphatic heterocycles. The monoisotopic (exact) mass is 453 g/mol. The molecule has 26 heavy (non-hydrogen) atoms. The molecular weight excluding hydrogens is 438 g/mol. The molecule has 0 atom stereocenters. The molecule has 0 radical (unpaired) electrons. The first-order valence-corrected chi connectivity index (χ1v) is 11.3. The van der Waals surface area contributed by atoms with Crippen molar-refractivity contribution in [2.45, 2.75) is 23.7 Å². The predicted molar refractivity (Wildman–Crippen MR) is 102 cm³/mol. The summed E-state index contributed by atoms with van der Waals surface area (Å²) in [6, 6.07) is 8.66. The van der Waals surface area contributed by atoms with Crippen molar-refractivity contribution < 1.29 is 12.8 Å². The maximum absolute atomic E-state index is 12.8. The number of nitrogens with zero attached hydrogens (tertiary/aromatic N) is 3. The largest absolute Gasteiger partial charge is 0.420 e. The van der Waals surface area contributed by atoms with E-state index >= 15 is 0 Å². The van der Waals surface area contributed by atoms with Crippen molar-refractivity contribution in [1.82, 2.24) is 14.5 Å². The van der Waals surface area contributed by atoms with Gasteiger partial charge in [-0.3, -0.25) is 0 Å². The topological polar surface area (TPSA) is 76.3 Å². The number of hydrogen-bond acceptors (Lipinski definition) is 6. The molecule has 136 valence electrons. The third-order valence-corrected chi connectivity index (χ3v) is 7.59. The first-order valence-electron chi connectivity index (χ1n) is 8.16. The van der Waals surface area contributed by atoms with E-state index < -0.39 is 10.0 Å². The van der Waals surface area contributed by atoms with Crippen LogP contribution in [0.25, 0.3) is 11.5 Å². The average molecular weight is 454 g/mol. The number of aromatic nitrogens is 2. The van der Waals surface area contributed by atoms with E-state index in [1.807, 2.05) is 16.8 Å². The molecule has 3 aromatic rings. The second-order valence-corrected chi connectivity index (χ2v) is 9.72. The molecule has 0 spiro atoms. The van der Waals surface area contributed by atoms with E-state index in [4.69, 9.17) is 4.42 Å². The second-order valence-electron chi connectivity index (χ2n) is 6.09. The number of piperidine rings is 1. The van der Waals surface area contributed by atoms with Crippen molar-refractivity contribution in [2.75, 3.05) is 13.1 Å². The van der Waals surface area contributed by atoms with Gasteiger partial charge in [-0.15, -0.1) is 10.2 Å². The van der Waals surface area contributed by atoms with Gasteiger partial charge in [0.2, 0.25) is 21.8 Å². The maximum atomic E-state index is 12.8. The summed E-state index contributed by atoms with van der Waals surface area (Å²) in [5.74, 6) is 1.20. The Hall–Kier alpha value is -1.55. The number of rotatable bonds is 4. The molecule has 0 amide bonds. The summed E-state index contributed by atoms with van der Waals surface area (Å²) in [4.78, 5) is 0.316. The van der Waals surface area contributed by atoms with Crippen LogP contribution in [0.5, 0.6) is 0 Å². The SMILES string of the molecule is O=S(=O)(c1ccc(Br)cc1)N1CCC(c2nnc(-c3ccsc3)o2)CC1. The smallest absolute Gasteiger partial charge is 0.248 e. The number of hydrogen-bond donors (Lipinski definition) is 0. The van der Waals surface area contributed by atoms with Crippen molar-refractivity contribution in [3.63, 3.8) is 0 Å². The van der Waals surface area contributed by atoms with E-state index in [2.05, 4.69) is 26.1 Å². The van der Waals surface area contributed by atoms with Gasteiger partial charge in [0.25, 0.3) is 0 Å². The van der Waals surface area contributed by atoms with Gasteiger partial charge >= 0.3 is 0 Å². The number of sulfonamides is 1. The molecule has 2 aromatic heterocycles. The fourth-order valence-corrected chi connectivity index (χ4v) is 5.36. The minimum Gasteiger partial charge on any atom is -0.420 e. The predicted octanol–water partition coefficient (Wildman–Crippen LogP) is 4.13. The van der Waals surface area contributed by atoms with Crippen LogP contribution < -0.4 is 0 Å². The molecule has 1 aromatic carbocycles. The molecule has 0 saturated carbocycles. The Bertz CT molecular complexity index is 977. The first-order chi connectivity index (χ1) is 12.5. The summed E-state index contributed by atoms with van der Waals surface area (Å²) in [7, 11) is -3.47. The van der Waals surface area contributed by atoms with Crippen molar-refractivity contribution in [2.24, 2.45) is 0 Å². The minimum absolute atomic E-state index is 0.0891. The summed E-state index contributed by atoms with van der Waals surface area (Å²) in [6.45, 7) is 0.887. The standard InChI is InChI=1S/C17H16BrN3O3S2/c18-14-1-3-15(4-2-14)26(22,23)21-8-5-12(6-9-21)16-19-20-17(24-16)13-7-10-25-11-13/h1-4,7,10-12H,5-6,8-9H2. The van der Waals surface area contributed by atoms with Crippen LogP contribution in [0.2, 0.25) is 0 Å². The lowest BCUT2D eigenvalue weighted by atomic mass is 9.98. The van der Waals surface area contributed by atoms with E-state index in [-0.39, 0.29) is 5.92 Å². The van der Waals surface area contributed by atoms with Crippen molar-refractivity contribution in [1.29, 1.82) is 0 Å². The summed E-state index contributed by atoms with van der Waals surface area (Å²) in [5.41, 5.74) is 0.920. The van der Waals surface area contributed by atoms with Crippen LogP contribution in [0.1, 0.15) is 24.7 Å². The normalized spacial score (nSPS) is 16.8. The van der Waals surface area contributed by atoms with Crippen molar-refractivity contribution in [3.05, 3.63) is 51.5 Å². The molecule has 1 aliphatic rings. The van der Waals surface area contributed by atoms with Gasteiger partial charge in [-0.1, -0.05) is 15.9 Å². The van der Waals surface area contributed by atoms with Crippen LogP contribution in [0, 0.1) is 0 Å². The Balaban J connectivity index is 1.45. The fraction of sp³-hybridized carbons (Fsp3) is 0.294. The molecule has 4 rings (SSSR count). The average Bonchev–Trinajstić information content (AvgIpc) is 3.34. The molecule has 0 aliphatic carbocycles. The van der Waals surface area contributed by atoms with Crippen LogP contribution in [0.4, 0.5) is 0 Å². The van der Waals surface area contributed by atoms with Gasteiger partial charge < -0.3 is 4.42 Å². The highest BCUT2D eigenvalue weighted by molar-refractivity contribution is 9.10. The zero-order chi connectivity index (χ0) is 18.1. The fourth-order valence-electron chi connectivity index (χ4n) is 3.00. The lowest BCUT2D eigenvalue weighted by molar-refractivity contribution is 0.291. The van der Waals surface area contributed by atoms with Gasteiger partial charge in [-0.05, 0) is 48.6 Å². The van der Waals surface area contributed by atoms with E-state index in [1.54, 1.807) is 35.6 Å². The Kier molecular flexibility index (Phi) is 4.96. The van der Waals surface area contributed by atoms with Crippen LogP contribution in [-0.4, -0.2) is 36.0 Å². The quantitative estimate of drug-likeness (QED) is 0.593. The number of benzene rings is 1. The maximum Gasteiger partial charge on any atom is 0.248 e. The van der Waals surface area contributed by atoms with E-state index in [0.29, 0.717) is 42.6 Å². The van der Waals surface area contributed by atoms with Gasteiger partial charge in [-0.2, -0.15) is 15.6 Å². The summed E-state index contributed by atoms with van der Waals surface area (Å²) >= 11 is 4.90. The molecular formula is C17H16BrN3O3S2. The lowest BCUT2D eigenvalue weighted by Crippen LogP contribution is -2.37. The van der Waals surface area contributed by atoms with Gasteiger partial charge in [-0.25, -0.2) is 8.42 Å². The van der Waals surface area contributed by atoms with Crippen LogP contribution >= 0.6 is 27.3 Å². The van der Waals surface area contributed by atoms with Crippen LogP contribution in [-0.2, 0) is 10.0 Å². The molecule has 1 fully saturated rings. The molecule has 1 saturated heterocycles. The summed E-state index contributed by atoms with van der Waals surface area (Å²) in [5, 5.41) is 12.2. The highest BCUT2D eigenvalue weighted by Gasteiger charge is 2.32. The van der Waals surface area contributed by atoms with Gasteiger partial charge in [0.1, 0.15) is 0 Å². The van der Waals surface area contributed by atoms with Gasteiger partial charge in [0.05, 0.1) is 4.90 Å². The van der Waals surface area contributed by atoms with Crippen molar-refractivity contribution >= 4 is 37.3 Å². The van der Waals surface area contributed by atoms with Crippen LogP contribution in [0.15, 0.2) is 54.9 Å². The molecule has 3 heterocycles. The van der Waals surface area contributed by atoms with Gasteiger partial charge in [0.15, 0.2) is 0 Å². The third kappa shape index (κ3) is 3.48. The Morgan fingerprint density at radius 3 is 2.50 bits per heavy atom. The number of halogens is 1. The summed E-state index contributed by atoms with van der Waals surface area (Å²) in [6.07, 6.45) is 1.34. The highest BCUT2D eigenvalue weighted by Crippen LogP contribution is 2.32. The summed E-state index contributed by atoms with van der Waals surface area (Å²) < 4.78 is 33.7. The number of thiophene rings is 1. The molecule has 0 bridgehead atoms. The Morgan fingerprint density at radius 2 is 1.85 bits per heavy atom. The molecule has 6 nitrogen and oxygen atoms in total. The first kappa shape index (κ1) is 17.8.